The summed E-state index contributed by atoms with van der Waals surface area (Å²) in [6, 6.07) is 0. The molecule has 0 aromatic carbocycles. The van der Waals surface area contributed by atoms with Gasteiger partial charge in [0.1, 0.15) is 27.4 Å². The van der Waals surface area contributed by atoms with Gasteiger partial charge in [-0.05, 0) is 22.2 Å². The van der Waals surface area contributed by atoms with Crippen LogP contribution in [0, 0.1) is 0 Å². The second kappa shape index (κ2) is 9.54. The molecule has 0 unspecified atom stereocenters. The molecule has 0 radical (unpaired) electrons. The molecule has 3 aromatic heterocycles. The van der Waals surface area contributed by atoms with E-state index in [-0.39, 0.29) is 40.6 Å². The van der Waals surface area contributed by atoms with E-state index in [1.54, 1.807) is 6.33 Å². The molecule has 13 heteroatoms. The van der Waals surface area contributed by atoms with Crippen molar-refractivity contribution < 1.29 is 17.7 Å². The Morgan fingerprint density at radius 1 is 0.973 bits per heavy atom. The molecule has 3 atom stereocenters. The van der Waals surface area contributed by atoms with Crippen molar-refractivity contribution in [1.29, 1.82) is 0 Å². The lowest BCUT2D eigenvalue weighted by atomic mass is 10.2. The van der Waals surface area contributed by atoms with Crippen molar-refractivity contribution in [2.45, 2.75) is 102 Å². The third-order valence-electron chi connectivity index (χ3n) is 7.93. The third-order valence-corrected chi connectivity index (χ3v) is 19.3. The van der Waals surface area contributed by atoms with Gasteiger partial charge in [0.2, 0.25) is 0 Å². The first-order chi connectivity index (χ1) is 17.4. The average Bonchev–Trinajstić information content (AvgIpc) is 3.47. The second-order valence-corrected chi connectivity index (χ2v) is 21.4. The van der Waals surface area contributed by atoms with Crippen LogP contribution in [0.4, 0.5) is 0 Å². The predicted molar refractivity (Wildman–Crippen MR) is 149 cm³/mol. The molecule has 37 heavy (non-hydrogen) atoms. The number of aromatic nitrogens is 4. The summed E-state index contributed by atoms with van der Waals surface area (Å²) in [5, 5.41) is 0. The zero-order valence-electron chi connectivity index (χ0n) is 22.8. The number of nitrogens with one attached hydrogen (secondary N) is 2. The Balaban J connectivity index is 1.57. The number of aromatic amines is 2. The van der Waals surface area contributed by atoms with Crippen LogP contribution in [-0.2, 0) is 17.7 Å². The fourth-order valence-electron chi connectivity index (χ4n) is 6.02. The Bertz CT molecular complexity index is 1390. The third kappa shape index (κ3) is 4.22. The van der Waals surface area contributed by atoms with Crippen LogP contribution < -0.4 is 11.2 Å². The number of hydrogen-bond acceptors (Lipinski definition) is 8. The fourth-order valence-corrected chi connectivity index (χ4v) is 18.2. The van der Waals surface area contributed by atoms with Crippen LogP contribution in [0.1, 0.15) is 68.0 Å². The van der Waals surface area contributed by atoms with Crippen LogP contribution >= 0.6 is 11.3 Å². The molecule has 2 saturated heterocycles. The Hall–Kier alpha value is -1.62. The van der Waals surface area contributed by atoms with Gasteiger partial charge in [0, 0.05) is 6.42 Å². The van der Waals surface area contributed by atoms with Crippen molar-refractivity contribution in [2.24, 2.45) is 0 Å². The van der Waals surface area contributed by atoms with E-state index < -0.39 is 28.4 Å². The minimum atomic E-state index is -2.74. The van der Waals surface area contributed by atoms with Gasteiger partial charge in [0.25, 0.3) is 5.56 Å². The molecule has 3 aromatic rings. The molecule has 2 fully saturated rings. The molecular weight excluding hydrogens is 529 g/mol. The summed E-state index contributed by atoms with van der Waals surface area (Å²) < 4.78 is 30.2. The second-order valence-electron chi connectivity index (χ2n) is 11.5. The summed E-state index contributed by atoms with van der Waals surface area (Å²) >= 11 is 1.26. The number of ether oxygens (including phenoxy) is 1. The lowest BCUT2D eigenvalue weighted by Crippen LogP contribution is -2.65. The van der Waals surface area contributed by atoms with Gasteiger partial charge in [-0.2, -0.15) is 0 Å². The summed E-state index contributed by atoms with van der Waals surface area (Å²) in [5.41, 5.74) is 1.21. The number of hydrogen-bond donors (Lipinski definition) is 2. The number of H-pyrrole nitrogens is 2. The number of imidazole rings is 1. The number of nitrogens with zero attached hydrogens (tertiary/aromatic N) is 2. The Labute approximate surface area is 222 Å². The molecule has 2 N–H and O–H groups in total. The minimum absolute atomic E-state index is 0.197. The lowest BCUT2D eigenvalue weighted by molar-refractivity contribution is -0.0543. The maximum absolute atomic E-state index is 12.4. The zero-order chi connectivity index (χ0) is 26.9. The van der Waals surface area contributed by atoms with Crippen molar-refractivity contribution in [1.82, 2.24) is 19.5 Å². The molecule has 0 aliphatic carbocycles. The highest BCUT2D eigenvalue weighted by atomic mass is 32.1. The molecular formula is C24H38N4O6SSi2. The summed E-state index contributed by atoms with van der Waals surface area (Å²) in [6.07, 6.45) is 1.49. The number of thiophene rings is 1. The van der Waals surface area contributed by atoms with Gasteiger partial charge >= 0.3 is 22.8 Å². The number of rotatable bonds is 5. The highest BCUT2D eigenvalue weighted by Gasteiger charge is 2.60. The van der Waals surface area contributed by atoms with Gasteiger partial charge in [-0.15, -0.1) is 11.3 Å². The van der Waals surface area contributed by atoms with E-state index in [0.29, 0.717) is 33.6 Å². The highest BCUT2D eigenvalue weighted by Crippen LogP contribution is 2.48. The van der Waals surface area contributed by atoms with Crippen LogP contribution in [-0.4, -0.2) is 55.5 Å². The van der Waals surface area contributed by atoms with Gasteiger partial charge < -0.3 is 27.3 Å². The molecule has 5 heterocycles. The first kappa shape index (κ1) is 27.0. The lowest BCUT2D eigenvalue weighted by Gasteiger charge is -2.51. The van der Waals surface area contributed by atoms with Crippen LogP contribution in [0.25, 0.3) is 20.6 Å². The number of fused-ring (bicyclic) bond motifs is 4. The topological polar surface area (TPSA) is 120 Å². The van der Waals surface area contributed by atoms with E-state index in [2.05, 4.69) is 70.3 Å². The average molecular weight is 567 g/mol. The molecule has 0 amide bonds. The monoisotopic (exact) mass is 566 g/mol. The molecule has 2 aliphatic heterocycles. The van der Waals surface area contributed by atoms with Crippen molar-refractivity contribution >= 4 is 49.0 Å². The SMILES string of the molecule is CC(C)[Si]1(C(C)C)OC[C@H]2O[C@@H](n3cnc4sc5c(=O)[nH]c(=O)[nH]c5c43)C[C@@H]2O[Si](C(C)C)(C(C)C)O1. The first-order valence-corrected chi connectivity index (χ1v) is 17.9. The Morgan fingerprint density at radius 3 is 2.24 bits per heavy atom. The maximum Gasteiger partial charge on any atom is 0.335 e. The van der Waals surface area contributed by atoms with Crippen LogP contribution in [0.5, 0.6) is 0 Å². The standard InChI is InChI=1S/C24H38N4O6SSi2/c1-12(2)36(13(3)4)31-10-17-16(33-37(34-36,14(5)6)15(7)8)9-18(32-17)28-11-25-23-20(28)19-21(35-23)22(29)27-24(30)26-19/h11-18H,9-10H2,1-8H3,(H2,26,27,29,30)/t16-,17+,18+/m0/s1. The van der Waals surface area contributed by atoms with E-state index in [4.69, 9.17) is 17.7 Å². The zero-order valence-corrected chi connectivity index (χ0v) is 25.6. The van der Waals surface area contributed by atoms with Gasteiger partial charge in [0.15, 0.2) is 0 Å². The van der Waals surface area contributed by atoms with E-state index in [0.717, 1.165) is 0 Å². The smallest absolute Gasteiger partial charge is 0.335 e. The molecule has 0 spiro atoms. The van der Waals surface area contributed by atoms with Crippen molar-refractivity contribution in [2.75, 3.05) is 6.61 Å². The normalized spacial score (nSPS) is 26.0. The van der Waals surface area contributed by atoms with E-state index in [9.17, 15) is 9.59 Å². The van der Waals surface area contributed by atoms with Gasteiger partial charge in [0.05, 0.1) is 24.6 Å². The van der Waals surface area contributed by atoms with Gasteiger partial charge in [-0.25, -0.2) is 9.78 Å². The van der Waals surface area contributed by atoms with Crippen LogP contribution in [0.3, 0.4) is 0 Å². The van der Waals surface area contributed by atoms with Crippen molar-refractivity contribution in [3.05, 3.63) is 27.2 Å². The van der Waals surface area contributed by atoms with Crippen molar-refractivity contribution in [3.63, 3.8) is 0 Å². The quantitative estimate of drug-likeness (QED) is 0.423. The molecule has 2 aliphatic rings. The Morgan fingerprint density at radius 2 is 1.62 bits per heavy atom. The minimum Gasteiger partial charge on any atom is -0.414 e. The van der Waals surface area contributed by atoms with Gasteiger partial charge in [-0.1, -0.05) is 55.4 Å². The predicted octanol–water partition coefficient (Wildman–Crippen LogP) is 4.87. The van der Waals surface area contributed by atoms with Crippen LogP contribution in [0.15, 0.2) is 15.9 Å². The Kier molecular flexibility index (Phi) is 6.95. The molecule has 0 saturated carbocycles. The molecule has 204 valence electrons. The highest BCUT2D eigenvalue weighted by molar-refractivity contribution is 7.25. The molecule has 0 bridgehead atoms. The first-order valence-electron chi connectivity index (χ1n) is 13.2. The summed E-state index contributed by atoms with van der Waals surface area (Å²) in [4.78, 5) is 34.7. The van der Waals surface area contributed by atoms with Crippen molar-refractivity contribution in [3.8, 4) is 0 Å². The summed E-state index contributed by atoms with van der Waals surface area (Å²) in [6.45, 7) is 18.1. The summed E-state index contributed by atoms with van der Waals surface area (Å²) in [5.74, 6) is 0. The largest absolute Gasteiger partial charge is 0.414 e. The fraction of sp³-hybridized carbons (Fsp3) is 0.708. The van der Waals surface area contributed by atoms with Gasteiger partial charge in [-0.3, -0.25) is 9.78 Å². The van der Waals surface area contributed by atoms with E-state index in [1.807, 2.05) is 4.57 Å². The summed E-state index contributed by atoms with van der Waals surface area (Å²) in [7, 11) is -5.39. The maximum atomic E-state index is 12.4. The molecule has 5 rings (SSSR count). The molecule has 10 nitrogen and oxygen atoms in total. The van der Waals surface area contributed by atoms with E-state index in [1.165, 1.54) is 11.3 Å². The van der Waals surface area contributed by atoms with E-state index >= 15 is 0 Å². The van der Waals surface area contributed by atoms with Crippen LogP contribution in [0.2, 0.25) is 22.2 Å².